The summed E-state index contributed by atoms with van der Waals surface area (Å²) in [6, 6.07) is 7.22. The van der Waals surface area contributed by atoms with Gasteiger partial charge in [-0.2, -0.15) is 0 Å². The molecule has 20 heavy (non-hydrogen) atoms. The van der Waals surface area contributed by atoms with Crippen LogP contribution in [0.15, 0.2) is 41.3 Å². The molecule has 0 fully saturated rings. The second-order valence-corrected chi connectivity index (χ2v) is 5.09. The minimum atomic E-state index is -0.893. The maximum absolute atomic E-state index is 11.1. The van der Waals surface area contributed by atoms with E-state index in [4.69, 9.17) is 9.84 Å². The predicted molar refractivity (Wildman–Crippen MR) is 76.8 cm³/mol. The molecule has 2 rings (SSSR count). The van der Waals surface area contributed by atoms with E-state index in [2.05, 4.69) is 25.9 Å². The van der Waals surface area contributed by atoms with Crippen molar-refractivity contribution in [3.05, 3.63) is 52.5 Å². The van der Waals surface area contributed by atoms with Gasteiger partial charge in [-0.25, -0.2) is 9.97 Å². The first-order chi connectivity index (χ1) is 9.61. The lowest BCUT2D eigenvalue weighted by molar-refractivity contribution is -0.137. The Morgan fingerprint density at radius 2 is 2.25 bits per heavy atom. The van der Waals surface area contributed by atoms with Crippen LogP contribution in [0.4, 0.5) is 0 Å². The van der Waals surface area contributed by atoms with Crippen LogP contribution in [0.3, 0.4) is 0 Å². The van der Waals surface area contributed by atoms with E-state index in [1.54, 1.807) is 25.4 Å². The van der Waals surface area contributed by atoms with E-state index in [1.165, 1.54) is 6.33 Å². The quantitative estimate of drug-likeness (QED) is 0.908. The lowest BCUT2D eigenvalue weighted by atomic mass is 9.91. The highest BCUT2D eigenvalue weighted by Crippen LogP contribution is 2.35. The second kappa shape index (κ2) is 6.47. The Bertz CT molecular complexity index is 605. The second-order valence-electron chi connectivity index (χ2n) is 4.17. The molecule has 0 aliphatic carbocycles. The zero-order valence-corrected chi connectivity index (χ0v) is 12.4. The third kappa shape index (κ3) is 3.33. The fourth-order valence-electron chi connectivity index (χ4n) is 2.03. The van der Waals surface area contributed by atoms with Crippen LogP contribution < -0.4 is 4.74 Å². The van der Waals surface area contributed by atoms with Gasteiger partial charge in [0, 0.05) is 22.2 Å². The van der Waals surface area contributed by atoms with Crippen LogP contribution >= 0.6 is 15.9 Å². The molecule has 0 bridgehead atoms. The predicted octanol–water partition coefficient (Wildman–Crippen LogP) is 2.85. The number of aromatic nitrogens is 2. The van der Waals surface area contributed by atoms with Gasteiger partial charge in [-0.3, -0.25) is 4.79 Å². The maximum atomic E-state index is 11.1. The number of hydrogen-bond donors (Lipinski definition) is 1. The first-order valence-electron chi connectivity index (χ1n) is 5.93. The summed E-state index contributed by atoms with van der Waals surface area (Å²) >= 11 is 3.40. The molecular weight excluding hydrogens is 324 g/mol. The average molecular weight is 337 g/mol. The molecule has 1 aromatic carbocycles. The number of rotatable bonds is 5. The van der Waals surface area contributed by atoms with Gasteiger partial charge in [-0.05, 0) is 24.3 Å². The zero-order chi connectivity index (χ0) is 14.5. The van der Waals surface area contributed by atoms with Crippen LogP contribution in [0.5, 0.6) is 5.75 Å². The first-order valence-corrected chi connectivity index (χ1v) is 6.72. The summed E-state index contributed by atoms with van der Waals surface area (Å²) in [5.74, 6) is -0.642. The van der Waals surface area contributed by atoms with Crippen LogP contribution in [-0.2, 0) is 4.79 Å². The molecule has 0 amide bonds. The molecule has 0 saturated carbocycles. The van der Waals surface area contributed by atoms with Crippen LogP contribution in [-0.4, -0.2) is 28.2 Å². The van der Waals surface area contributed by atoms with Crippen molar-refractivity contribution in [1.82, 2.24) is 9.97 Å². The normalized spacial score (nSPS) is 11.9. The zero-order valence-electron chi connectivity index (χ0n) is 10.8. The van der Waals surface area contributed by atoms with Crippen LogP contribution in [0, 0.1) is 0 Å². The van der Waals surface area contributed by atoms with Crippen LogP contribution in [0.1, 0.15) is 23.6 Å². The topological polar surface area (TPSA) is 72.3 Å². The van der Waals surface area contributed by atoms with Gasteiger partial charge in [0.25, 0.3) is 0 Å². The molecule has 0 radical (unpaired) electrons. The number of carboxylic acids is 1. The molecule has 1 heterocycles. The Morgan fingerprint density at radius 3 is 2.85 bits per heavy atom. The molecule has 0 aliphatic rings. The van der Waals surface area contributed by atoms with Crippen molar-refractivity contribution < 1.29 is 14.6 Å². The minimum absolute atomic E-state index is 0.0656. The summed E-state index contributed by atoms with van der Waals surface area (Å²) in [6.07, 6.45) is 2.94. The fraction of sp³-hybridized carbons (Fsp3) is 0.214. The van der Waals surface area contributed by atoms with Crippen molar-refractivity contribution in [2.75, 3.05) is 7.11 Å². The van der Waals surface area contributed by atoms with Gasteiger partial charge in [0.05, 0.1) is 19.2 Å². The standard InChI is InChI=1S/C14H13BrN2O3/c1-20-13-3-2-9(15)6-11(13)10(7-14(18)19)12-4-5-16-8-17-12/h2-6,8,10H,7H2,1H3,(H,18,19). The summed E-state index contributed by atoms with van der Waals surface area (Å²) < 4.78 is 6.19. The molecule has 1 unspecified atom stereocenters. The Morgan fingerprint density at radius 1 is 1.45 bits per heavy atom. The molecular formula is C14H13BrN2O3. The van der Waals surface area contributed by atoms with E-state index in [-0.39, 0.29) is 12.3 Å². The van der Waals surface area contributed by atoms with Gasteiger partial charge in [0.1, 0.15) is 12.1 Å². The first kappa shape index (κ1) is 14.5. The smallest absolute Gasteiger partial charge is 0.304 e. The summed E-state index contributed by atoms with van der Waals surface area (Å²) in [6.45, 7) is 0. The molecule has 1 aromatic heterocycles. The highest BCUT2D eigenvalue weighted by Gasteiger charge is 2.22. The van der Waals surface area contributed by atoms with Gasteiger partial charge >= 0.3 is 5.97 Å². The third-order valence-electron chi connectivity index (χ3n) is 2.91. The van der Waals surface area contributed by atoms with Crippen molar-refractivity contribution in [3.8, 4) is 5.75 Å². The molecule has 0 saturated heterocycles. The van der Waals surface area contributed by atoms with Gasteiger partial charge in [-0.1, -0.05) is 15.9 Å². The van der Waals surface area contributed by atoms with E-state index >= 15 is 0 Å². The van der Waals surface area contributed by atoms with Crippen molar-refractivity contribution in [2.24, 2.45) is 0 Å². The number of halogens is 1. The highest BCUT2D eigenvalue weighted by atomic mass is 79.9. The van der Waals surface area contributed by atoms with Crippen LogP contribution in [0.2, 0.25) is 0 Å². The summed E-state index contributed by atoms with van der Waals surface area (Å²) in [7, 11) is 1.56. The Labute approximate surface area is 124 Å². The fourth-order valence-corrected chi connectivity index (χ4v) is 2.41. The van der Waals surface area contributed by atoms with E-state index in [0.29, 0.717) is 11.4 Å². The molecule has 5 nitrogen and oxygen atoms in total. The molecule has 1 N–H and O–H groups in total. The molecule has 104 valence electrons. The third-order valence-corrected chi connectivity index (χ3v) is 3.40. The monoisotopic (exact) mass is 336 g/mol. The number of methoxy groups -OCH3 is 1. The Hall–Kier alpha value is -1.95. The summed E-state index contributed by atoms with van der Waals surface area (Å²) in [4.78, 5) is 19.2. The van der Waals surface area contributed by atoms with Gasteiger partial charge in [0.15, 0.2) is 0 Å². The van der Waals surface area contributed by atoms with Crippen molar-refractivity contribution in [2.45, 2.75) is 12.3 Å². The number of hydrogen-bond acceptors (Lipinski definition) is 4. The molecule has 0 spiro atoms. The molecule has 6 heteroatoms. The van der Waals surface area contributed by atoms with E-state index in [1.807, 2.05) is 12.1 Å². The van der Waals surface area contributed by atoms with Gasteiger partial charge < -0.3 is 9.84 Å². The summed E-state index contributed by atoms with van der Waals surface area (Å²) in [5.41, 5.74) is 1.43. The number of aliphatic carboxylic acids is 1. The SMILES string of the molecule is COc1ccc(Br)cc1C(CC(=O)O)c1ccncn1. The Kier molecular flexibility index (Phi) is 4.68. The van der Waals surface area contributed by atoms with Crippen molar-refractivity contribution in [3.63, 3.8) is 0 Å². The van der Waals surface area contributed by atoms with Crippen LogP contribution in [0.25, 0.3) is 0 Å². The maximum Gasteiger partial charge on any atom is 0.304 e. The highest BCUT2D eigenvalue weighted by molar-refractivity contribution is 9.10. The van der Waals surface area contributed by atoms with E-state index < -0.39 is 5.97 Å². The van der Waals surface area contributed by atoms with E-state index in [0.717, 1.165) is 10.0 Å². The number of carboxylic acid groups (broad SMARTS) is 1. The van der Waals surface area contributed by atoms with Crippen molar-refractivity contribution >= 4 is 21.9 Å². The molecule has 2 aromatic rings. The van der Waals surface area contributed by atoms with Crippen molar-refractivity contribution in [1.29, 1.82) is 0 Å². The number of benzene rings is 1. The van der Waals surface area contributed by atoms with Gasteiger partial charge in [0.2, 0.25) is 0 Å². The van der Waals surface area contributed by atoms with Gasteiger partial charge in [-0.15, -0.1) is 0 Å². The lowest BCUT2D eigenvalue weighted by Crippen LogP contribution is -2.11. The largest absolute Gasteiger partial charge is 0.496 e. The summed E-state index contributed by atoms with van der Waals surface area (Å²) in [5, 5.41) is 9.14. The minimum Gasteiger partial charge on any atom is -0.496 e. The number of ether oxygens (including phenoxy) is 1. The average Bonchev–Trinajstić information content (AvgIpc) is 2.45. The number of carbonyl (C=O) groups is 1. The lowest BCUT2D eigenvalue weighted by Gasteiger charge is -2.18. The van der Waals surface area contributed by atoms with E-state index in [9.17, 15) is 4.79 Å². The molecule has 0 aliphatic heterocycles. The number of nitrogens with zero attached hydrogens (tertiary/aromatic N) is 2. The molecule has 1 atom stereocenters. The Balaban J connectivity index is 2.51.